The van der Waals surface area contributed by atoms with Crippen molar-refractivity contribution in [1.82, 2.24) is 4.90 Å². The van der Waals surface area contributed by atoms with Crippen molar-refractivity contribution in [3.05, 3.63) is 35.9 Å². The molecular formula is C17H18BrNO6S. The summed E-state index contributed by atoms with van der Waals surface area (Å²) in [7, 11) is 0. The number of aliphatic hydroxyl groups excluding tert-OH is 1. The number of carboxylic acid groups (broad SMARTS) is 1. The molecule has 0 aromatic heterocycles. The molecule has 0 bridgehead atoms. The number of hydrogen-bond donors (Lipinski definition) is 2. The molecule has 0 spiro atoms. The van der Waals surface area contributed by atoms with Crippen molar-refractivity contribution in [2.45, 2.75) is 47.0 Å². The molecule has 1 aromatic carbocycles. The summed E-state index contributed by atoms with van der Waals surface area (Å²) in [4.78, 5) is 37.5. The summed E-state index contributed by atoms with van der Waals surface area (Å²) < 4.78 is 4.03. The Morgan fingerprint density at radius 2 is 1.96 bits per heavy atom. The molecule has 2 heterocycles. The van der Waals surface area contributed by atoms with Crippen LogP contribution in [-0.2, 0) is 25.7 Å². The van der Waals surface area contributed by atoms with E-state index in [1.165, 1.54) is 11.8 Å². The Kier molecular flexibility index (Phi) is 4.83. The van der Waals surface area contributed by atoms with Gasteiger partial charge in [-0.1, -0.05) is 46.3 Å². The lowest BCUT2D eigenvalue weighted by Crippen LogP contribution is -2.76. The van der Waals surface area contributed by atoms with Crippen LogP contribution in [0.1, 0.15) is 19.4 Å². The lowest BCUT2D eigenvalue weighted by Gasteiger charge is -2.49. The summed E-state index contributed by atoms with van der Waals surface area (Å²) in [6.45, 7) is 3.11. The van der Waals surface area contributed by atoms with Gasteiger partial charge in [0.2, 0.25) is 5.91 Å². The van der Waals surface area contributed by atoms with Crippen LogP contribution in [0.3, 0.4) is 0 Å². The molecule has 1 amide bonds. The fraction of sp³-hybridized carbons (Fsp3) is 0.471. The van der Waals surface area contributed by atoms with Crippen LogP contribution < -0.4 is 0 Å². The predicted molar refractivity (Wildman–Crippen MR) is 97.6 cm³/mol. The SMILES string of the molecule is CC1(C)S[C@@H]2[C@H](Br)C(=O)N2[C@]1(C(=O)O)C(O)C(=O)OCc1ccccc1. The normalized spacial score (nSPS) is 30.3. The number of ether oxygens (including phenoxy) is 1. The van der Waals surface area contributed by atoms with Crippen molar-refractivity contribution in [3.8, 4) is 0 Å². The fourth-order valence-corrected chi connectivity index (χ4v) is 5.99. The number of thioether (sulfide) groups is 1. The highest BCUT2D eigenvalue weighted by atomic mass is 79.9. The third-order valence-corrected chi connectivity index (χ3v) is 7.73. The number of aliphatic hydroxyl groups is 1. The number of fused-ring (bicyclic) bond motifs is 1. The zero-order valence-corrected chi connectivity index (χ0v) is 16.5. The van der Waals surface area contributed by atoms with Gasteiger partial charge in [-0.15, -0.1) is 11.8 Å². The topological polar surface area (TPSA) is 104 Å². The summed E-state index contributed by atoms with van der Waals surface area (Å²) in [5.41, 5.74) is -1.40. The monoisotopic (exact) mass is 443 g/mol. The number of carbonyl (C=O) groups is 3. The number of carbonyl (C=O) groups excluding carboxylic acids is 2. The third kappa shape index (κ3) is 2.56. The second-order valence-corrected chi connectivity index (χ2v) is 9.42. The lowest BCUT2D eigenvalue weighted by molar-refractivity contribution is -0.188. The molecule has 7 nitrogen and oxygen atoms in total. The molecule has 0 radical (unpaired) electrons. The van der Waals surface area contributed by atoms with Crippen molar-refractivity contribution in [3.63, 3.8) is 0 Å². The minimum atomic E-state index is -2.10. The molecule has 2 N–H and O–H groups in total. The van der Waals surface area contributed by atoms with E-state index in [1.54, 1.807) is 38.1 Å². The Morgan fingerprint density at radius 1 is 1.35 bits per heavy atom. The highest BCUT2D eigenvalue weighted by molar-refractivity contribution is 9.10. The van der Waals surface area contributed by atoms with Crippen molar-refractivity contribution in [2.75, 3.05) is 0 Å². The van der Waals surface area contributed by atoms with Crippen LogP contribution >= 0.6 is 27.7 Å². The zero-order chi connectivity index (χ0) is 19.3. The molecule has 2 aliphatic heterocycles. The van der Waals surface area contributed by atoms with Crippen molar-refractivity contribution in [2.24, 2.45) is 0 Å². The Bertz CT molecular complexity index is 757. The smallest absolute Gasteiger partial charge is 0.338 e. The van der Waals surface area contributed by atoms with E-state index in [4.69, 9.17) is 4.74 Å². The van der Waals surface area contributed by atoms with E-state index in [0.717, 1.165) is 4.90 Å². The van der Waals surface area contributed by atoms with Gasteiger partial charge in [0.05, 0.1) is 0 Å². The first-order chi connectivity index (χ1) is 12.1. The Balaban J connectivity index is 1.88. The molecule has 26 heavy (non-hydrogen) atoms. The molecule has 2 fully saturated rings. The van der Waals surface area contributed by atoms with E-state index < -0.39 is 44.4 Å². The van der Waals surface area contributed by atoms with Crippen LogP contribution in [0.25, 0.3) is 0 Å². The van der Waals surface area contributed by atoms with Gasteiger partial charge in [0, 0.05) is 4.75 Å². The summed E-state index contributed by atoms with van der Waals surface area (Å²) in [6, 6.07) is 8.84. The Labute approximate surface area is 162 Å². The first-order valence-corrected chi connectivity index (χ1v) is 9.71. The average Bonchev–Trinajstić information content (AvgIpc) is 2.85. The number of halogens is 1. The number of benzene rings is 1. The van der Waals surface area contributed by atoms with Crippen LogP contribution in [0.2, 0.25) is 0 Å². The second-order valence-electron chi connectivity index (χ2n) is 6.70. The largest absolute Gasteiger partial charge is 0.479 e. The Morgan fingerprint density at radius 3 is 2.54 bits per heavy atom. The van der Waals surface area contributed by atoms with E-state index in [-0.39, 0.29) is 6.61 Å². The molecule has 9 heteroatoms. The van der Waals surface area contributed by atoms with Gasteiger partial charge < -0.3 is 19.8 Å². The van der Waals surface area contributed by atoms with E-state index in [9.17, 15) is 24.6 Å². The van der Waals surface area contributed by atoms with Gasteiger partial charge in [-0.05, 0) is 19.4 Å². The minimum absolute atomic E-state index is 0.0988. The van der Waals surface area contributed by atoms with Crippen molar-refractivity contribution in [1.29, 1.82) is 0 Å². The molecule has 4 atom stereocenters. The second kappa shape index (κ2) is 6.54. The molecular weight excluding hydrogens is 426 g/mol. The third-order valence-electron chi connectivity index (χ3n) is 4.86. The first-order valence-electron chi connectivity index (χ1n) is 7.91. The first kappa shape index (κ1) is 19.2. The van der Waals surface area contributed by atoms with Crippen LogP contribution in [0.5, 0.6) is 0 Å². The number of nitrogens with zero attached hydrogens (tertiary/aromatic N) is 1. The molecule has 1 unspecified atom stereocenters. The fourth-order valence-electron chi connectivity index (χ4n) is 3.51. The standard InChI is InChI=1S/C17H18BrNO6S/c1-16(2)17(15(23)24,19-12(21)10(18)13(19)26-16)11(20)14(22)25-8-9-6-4-3-5-7-9/h3-7,10-11,13,20H,8H2,1-2H3,(H,23,24)/t10-,11?,13-,17+/m1/s1. The van der Waals surface area contributed by atoms with E-state index >= 15 is 0 Å². The van der Waals surface area contributed by atoms with E-state index in [1.807, 2.05) is 6.07 Å². The maximum atomic E-state index is 12.5. The number of aliphatic carboxylic acids is 1. The van der Waals surface area contributed by atoms with Gasteiger partial charge in [-0.2, -0.15) is 0 Å². The highest BCUT2D eigenvalue weighted by Gasteiger charge is 2.76. The number of esters is 1. The van der Waals surface area contributed by atoms with E-state index in [0.29, 0.717) is 5.56 Å². The number of β-lactam (4-membered cyclic amide) rings is 1. The van der Waals surface area contributed by atoms with Gasteiger partial charge in [0.15, 0.2) is 11.6 Å². The number of amides is 1. The quantitative estimate of drug-likeness (QED) is 0.402. The summed E-state index contributed by atoms with van der Waals surface area (Å²) >= 11 is 4.46. The van der Waals surface area contributed by atoms with E-state index in [2.05, 4.69) is 15.9 Å². The predicted octanol–water partition coefficient (Wildman–Crippen LogP) is 1.37. The summed E-state index contributed by atoms with van der Waals surface area (Å²) in [5.74, 6) is -2.98. The molecule has 1 aromatic rings. The number of rotatable bonds is 5. The van der Waals surface area contributed by atoms with Gasteiger partial charge in [-0.25, -0.2) is 9.59 Å². The molecule has 2 aliphatic rings. The molecule has 0 aliphatic carbocycles. The Hall–Kier alpha value is -1.58. The molecule has 2 saturated heterocycles. The van der Waals surface area contributed by atoms with Gasteiger partial charge >= 0.3 is 11.9 Å². The summed E-state index contributed by atoms with van der Waals surface area (Å²) in [5, 5.41) is 20.2. The van der Waals surface area contributed by atoms with Crippen LogP contribution in [0, 0.1) is 0 Å². The molecule has 3 rings (SSSR count). The maximum absolute atomic E-state index is 12.5. The molecule has 140 valence electrons. The molecule has 0 saturated carbocycles. The highest BCUT2D eigenvalue weighted by Crippen LogP contribution is 2.59. The minimum Gasteiger partial charge on any atom is -0.479 e. The van der Waals surface area contributed by atoms with Crippen LogP contribution in [-0.4, -0.2) is 59.5 Å². The average molecular weight is 444 g/mol. The van der Waals surface area contributed by atoms with Crippen LogP contribution in [0.4, 0.5) is 0 Å². The summed E-state index contributed by atoms with van der Waals surface area (Å²) in [6.07, 6.45) is -2.01. The number of hydrogen-bond acceptors (Lipinski definition) is 6. The van der Waals surface area contributed by atoms with Crippen molar-refractivity contribution >= 4 is 45.5 Å². The van der Waals surface area contributed by atoms with Gasteiger partial charge in [-0.3, -0.25) is 4.79 Å². The zero-order valence-electron chi connectivity index (χ0n) is 14.1. The van der Waals surface area contributed by atoms with Gasteiger partial charge in [0.25, 0.3) is 0 Å². The van der Waals surface area contributed by atoms with Crippen molar-refractivity contribution < 1.29 is 29.3 Å². The van der Waals surface area contributed by atoms with Crippen LogP contribution in [0.15, 0.2) is 30.3 Å². The number of alkyl halides is 1. The van der Waals surface area contributed by atoms with Gasteiger partial charge in [0.1, 0.15) is 16.8 Å². The lowest BCUT2D eigenvalue weighted by atomic mass is 9.77. The number of carboxylic acids is 1. The maximum Gasteiger partial charge on any atom is 0.338 e.